The summed E-state index contributed by atoms with van der Waals surface area (Å²) in [5.74, 6) is 0. The Kier molecular flexibility index (Phi) is 17.5. The van der Waals surface area contributed by atoms with Crippen LogP contribution < -0.4 is 5.32 Å². The number of thioether (sulfide) groups is 3. The van der Waals surface area contributed by atoms with Crippen LogP contribution in [0.5, 0.6) is 0 Å². The van der Waals surface area contributed by atoms with E-state index in [4.69, 9.17) is 12.2 Å². The van der Waals surface area contributed by atoms with Gasteiger partial charge in [-0.1, -0.05) is 26.1 Å². The molecule has 0 aromatic rings. The van der Waals surface area contributed by atoms with Gasteiger partial charge in [0.25, 0.3) is 0 Å². The predicted octanol–water partition coefficient (Wildman–Crippen LogP) is 3.33. The molecule has 0 unspecified atom stereocenters. The summed E-state index contributed by atoms with van der Waals surface area (Å²) < 4.78 is 1.96. The van der Waals surface area contributed by atoms with Gasteiger partial charge in [0.2, 0.25) is 0 Å². The fourth-order valence-electron chi connectivity index (χ4n) is 0.590. The first kappa shape index (κ1) is 18.0. The molecular weight excluding hydrogens is 264 g/mol. The minimum Gasteiger partial charge on any atom is -0.369 e. The summed E-state index contributed by atoms with van der Waals surface area (Å²) in [4.78, 5) is 4.38. The van der Waals surface area contributed by atoms with Crippen molar-refractivity contribution >= 4 is 56.2 Å². The lowest BCUT2D eigenvalue weighted by atomic mass is 10.6. The SMILES string of the molecule is CC.CSC(=S)NCCN=C(SC)SC. The molecule has 0 atom stereocenters. The standard InChI is InChI=1S/C7H14N2S4.C2H6/c1-11-6(10)8-4-5-9-7(12-2)13-3;1-2/h4-5H2,1-3H3,(H,8,10);1-2H3. The summed E-state index contributed by atoms with van der Waals surface area (Å²) in [6.45, 7) is 5.61. The third kappa shape index (κ3) is 12.5. The topological polar surface area (TPSA) is 24.4 Å². The van der Waals surface area contributed by atoms with E-state index in [1.54, 1.807) is 35.3 Å². The van der Waals surface area contributed by atoms with Crippen LogP contribution in [0.2, 0.25) is 0 Å². The van der Waals surface area contributed by atoms with Gasteiger partial charge >= 0.3 is 0 Å². The van der Waals surface area contributed by atoms with Crippen molar-refractivity contribution in [2.45, 2.75) is 13.8 Å². The molecule has 1 N–H and O–H groups in total. The first-order valence-electron chi connectivity index (χ1n) is 4.68. The molecule has 0 radical (unpaired) electrons. The highest BCUT2D eigenvalue weighted by molar-refractivity contribution is 8.38. The minimum absolute atomic E-state index is 0.789. The molecule has 0 aromatic carbocycles. The predicted molar refractivity (Wildman–Crippen MR) is 84.8 cm³/mol. The molecule has 6 heteroatoms. The van der Waals surface area contributed by atoms with Crippen LogP contribution in [0.1, 0.15) is 13.8 Å². The second-order valence-corrected chi connectivity index (χ2v) is 5.31. The highest BCUT2D eigenvalue weighted by Crippen LogP contribution is 2.09. The molecule has 0 aromatic heterocycles. The van der Waals surface area contributed by atoms with Crippen LogP contribution in [0.3, 0.4) is 0 Å². The third-order valence-corrected chi connectivity index (χ3v) is 4.27. The van der Waals surface area contributed by atoms with Crippen LogP contribution in [0.4, 0.5) is 0 Å². The van der Waals surface area contributed by atoms with E-state index in [0.29, 0.717) is 0 Å². The second-order valence-electron chi connectivity index (χ2n) is 1.97. The number of nitrogens with one attached hydrogen (secondary N) is 1. The van der Waals surface area contributed by atoms with Gasteiger partial charge in [-0.05, 0) is 18.8 Å². The summed E-state index contributed by atoms with van der Waals surface area (Å²) in [5, 5.41) is 3.10. The summed E-state index contributed by atoms with van der Waals surface area (Å²) >= 11 is 9.90. The van der Waals surface area contributed by atoms with Crippen LogP contribution in [-0.2, 0) is 0 Å². The lowest BCUT2D eigenvalue weighted by molar-refractivity contribution is 0.897. The molecule has 0 saturated carbocycles. The Morgan fingerprint density at radius 1 is 1.13 bits per heavy atom. The van der Waals surface area contributed by atoms with Crippen LogP contribution in [0, 0.1) is 0 Å². The number of thiocarbonyl (C=S) groups is 1. The van der Waals surface area contributed by atoms with E-state index in [2.05, 4.69) is 10.3 Å². The van der Waals surface area contributed by atoms with E-state index in [1.807, 2.05) is 32.6 Å². The molecule has 0 aliphatic heterocycles. The summed E-state index contributed by atoms with van der Waals surface area (Å²) in [6.07, 6.45) is 6.04. The van der Waals surface area contributed by atoms with Crippen LogP contribution >= 0.6 is 47.5 Å². The van der Waals surface area contributed by atoms with Crippen molar-refractivity contribution in [3.05, 3.63) is 0 Å². The second kappa shape index (κ2) is 14.6. The lowest BCUT2D eigenvalue weighted by Crippen LogP contribution is -2.21. The number of hydrogen-bond acceptors (Lipinski definition) is 5. The van der Waals surface area contributed by atoms with Gasteiger partial charge in [-0.2, -0.15) is 0 Å². The lowest BCUT2D eigenvalue weighted by Gasteiger charge is -2.03. The normalized spacial score (nSPS) is 8.60. The highest BCUT2D eigenvalue weighted by atomic mass is 32.2. The van der Waals surface area contributed by atoms with Gasteiger partial charge in [-0.3, -0.25) is 4.99 Å². The zero-order valence-corrected chi connectivity index (χ0v) is 13.3. The molecule has 15 heavy (non-hydrogen) atoms. The number of hydrogen-bond donors (Lipinski definition) is 1. The first-order valence-corrected chi connectivity index (χ1v) is 8.77. The van der Waals surface area contributed by atoms with Crippen LogP contribution in [-0.4, -0.2) is 40.6 Å². The van der Waals surface area contributed by atoms with Gasteiger partial charge in [-0.25, -0.2) is 0 Å². The quantitative estimate of drug-likeness (QED) is 0.371. The zero-order chi connectivity index (χ0) is 12.1. The number of nitrogens with zero attached hydrogens (tertiary/aromatic N) is 1. The van der Waals surface area contributed by atoms with Crippen molar-refractivity contribution in [3.63, 3.8) is 0 Å². The molecule has 0 amide bonds. The summed E-state index contributed by atoms with van der Waals surface area (Å²) in [7, 11) is 0. The monoisotopic (exact) mass is 284 g/mol. The number of rotatable bonds is 3. The minimum atomic E-state index is 0.789. The van der Waals surface area contributed by atoms with Crippen LogP contribution in [0.15, 0.2) is 4.99 Å². The third-order valence-electron chi connectivity index (χ3n) is 1.16. The molecular formula is C9H20N2S4. The average Bonchev–Trinajstić information content (AvgIpc) is 2.31. The molecule has 0 rings (SSSR count). The fourth-order valence-corrected chi connectivity index (χ4v) is 2.05. The number of aliphatic imine (C=N–C) groups is 1. The van der Waals surface area contributed by atoms with Crippen LogP contribution in [0.25, 0.3) is 0 Å². The van der Waals surface area contributed by atoms with Gasteiger partial charge in [0.05, 0.1) is 6.54 Å². The molecule has 0 fully saturated rings. The molecule has 90 valence electrons. The average molecular weight is 285 g/mol. The Bertz CT molecular complexity index is 177. The Labute approximate surface area is 112 Å². The van der Waals surface area contributed by atoms with Crippen molar-refractivity contribution < 1.29 is 0 Å². The van der Waals surface area contributed by atoms with E-state index in [0.717, 1.165) is 21.8 Å². The van der Waals surface area contributed by atoms with E-state index in [9.17, 15) is 0 Å². The van der Waals surface area contributed by atoms with Gasteiger partial charge < -0.3 is 5.32 Å². The maximum Gasteiger partial charge on any atom is 0.133 e. The van der Waals surface area contributed by atoms with Crippen molar-refractivity contribution in [1.82, 2.24) is 5.32 Å². The largest absolute Gasteiger partial charge is 0.369 e. The van der Waals surface area contributed by atoms with Crippen molar-refractivity contribution in [3.8, 4) is 0 Å². The molecule has 0 spiro atoms. The Morgan fingerprint density at radius 3 is 2.07 bits per heavy atom. The Morgan fingerprint density at radius 2 is 1.67 bits per heavy atom. The molecule has 0 heterocycles. The maximum absolute atomic E-state index is 4.98. The first-order chi connectivity index (χ1) is 7.24. The van der Waals surface area contributed by atoms with E-state index >= 15 is 0 Å². The molecule has 0 bridgehead atoms. The Balaban J connectivity index is 0. The van der Waals surface area contributed by atoms with Gasteiger partial charge in [0.1, 0.15) is 8.70 Å². The van der Waals surface area contributed by atoms with E-state index in [1.165, 1.54) is 0 Å². The van der Waals surface area contributed by atoms with E-state index in [-0.39, 0.29) is 0 Å². The zero-order valence-electron chi connectivity index (χ0n) is 9.99. The van der Waals surface area contributed by atoms with Crippen molar-refractivity contribution in [2.75, 3.05) is 31.9 Å². The molecule has 0 saturated heterocycles. The summed E-state index contributed by atoms with van der Waals surface area (Å²) in [6, 6.07) is 0. The summed E-state index contributed by atoms with van der Waals surface area (Å²) in [5.41, 5.74) is 0. The maximum atomic E-state index is 4.98. The highest BCUT2D eigenvalue weighted by Gasteiger charge is 1.93. The van der Waals surface area contributed by atoms with Gasteiger partial charge in [0, 0.05) is 6.54 Å². The van der Waals surface area contributed by atoms with Gasteiger partial charge in [-0.15, -0.1) is 35.3 Å². The van der Waals surface area contributed by atoms with Crippen molar-refractivity contribution in [1.29, 1.82) is 0 Å². The van der Waals surface area contributed by atoms with E-state index < -0.39 is 0 Å². The molecule has 0 aliphatic rings. The van der Waals surface area contributed by atoms with Gasteiger partial charge in [0.15, 0.2) is 0 Å². The smallest absolute Gasteiger partial charge is 0.133 e. The fraction of sp³-hybridized carbons (Fsp3) is 0.778. The molecule has 0 aliphatic carbocycles. The van der Waals surface area contributed by atoms with Crippen molar-refractivity contribution in [2.24, 2.45) is 4.99 Å². The molecule has 2 nitrogen and oxygen atoms in total. The Hall–Kier alpha value is 0.610.